The number of rotatable bonds is 7. The number of allylic oxidation sites excluding steroid dienone is 2. The molecule has 1 aliphatic rings. The lowest BCUT2D eigenvalue weighted by atomic mass is 9.75. The van der Waals surface area contributed by atoms with Crippen molar-refractivity contribution in [2.45, 2.75) is 59.4 Å². The Labute approximate surface area is 195 Å². The van der Waals surface area contributed by atoms with Crippen LogP contribution in [-0.4, -0.2) is 30.4 Å². The fourth-order valence-electron chi connectivity index (χ4n) is 4.05. The van der Waals surface area contributed by atoms with Gasteiger partial charge in [-0.05, 0) is 61.3 Å². The fraction of sp³-hybridized carbons (Fsp3) is 0.500. The molecule has 3 rings (SSSR count). The molecule has 0 aliphatic heterocycles. The highest BCUT2D eigenvalue weighted by Crippen LogP contribution is 2.37. The van der Waals surface area contributed by atoms with Crippen LogP contribution in [0.2, 0.25) is 0 Å². The number of sulfonamides is 1. The van der Waals surface area contributed by atoms with Gasteiger partial charge in [-0.25, -0.2) is 17.5 Å². The standard InChI is InChI=1S/C24H33FN4O3S/c1-16(17-9-10-22(21(25)13-17)28-33(5,31)32)23(30)26-15-20-11-12-27-29(20)19-8-6-7-18(14-19)24(2,3)4/h9-14,16,18,28H,6-8,15H2,1-5H3,(H,26,30)/t16-,18?/m0/s1. The van der Waals surface area contributed by atoms with Crippen molar-refractivity contribution in [3.8, 4) is 0 Å². The van der Waals surface area contributed by atoms with Crippen LogP contribution in [0.3, 0.4) is 0 Å². The van der Waals surface area contributed by atoms with Crippen molar-refractivity contribution in [2.24, 2.45) is 11.3 Å². The molecule has 0 fully saturated rings. The molecule has 0 saturated carbocycles. The number of hydrogen-bond acceptors (Lipinski definition) is 4. The Morgan fingerprint density at radius 3 is 2.67 bits per heavy atom. The number of amides is 1. The van der Waals surface area contributed by atoms with Crippen LogP contribution in [0, 0.1) is 17.2 Å². The maximum absolute atomic E-state index is 14.3. The summed E-state index contributed by atoms with van der Waals surface area (Å²) in [6, 6.07) is 5.94. The van der Waals surface area contributed by atoms with Crippen molar-refractivity contribution in [1.29, 1.82) is 0 Å². The smallest absolute Gasteiger partial charge is 0.229 e. The van der Waals surface area contributed by atoms with E-state index in [9.17, 15) is 17.6 Å². The van der Waals surface area contributed by atoms with Gasteiger partial charge in [-0.2, -0.15) is 5.10 Å². The van der Waals surface area contributed by atoms with Crippen LogP contribution in [0.4, 0.5) is 10.1 Å². The number of hydrogen-bond donors (Lipinski definition) is 2. The van der Waals surface area contributed by atoms with E-state index >= 15 is 0 Å². The van der Waals surface area contributed by atoms with Gasteiger partial charge in [0.2, 0.25) is 15.9 Å². The molecule has 2 N–H and O–H groups in total. The molecule has 1 amide bonds. The van der Waals surface area contributed by atoms with Crippen LogP contribution in [0.25, 0.3) is 5.70 Å². The maximum atomic E-state index is 14.3. The average Bonchev–Trinajstić information content (AvgIpc) is 3.20. The summed E-state index contributed by atoms with van der Waals surface area (Å²) in [4.78, 5) is 12.7. The summed E-state index contributed by atoms with van der Waals surface area (Å²) >= 11 is 0. The first-order valence-electron chi connectivity index (χ1n) is 11.1. The number of carbonyl (C=O) groups excluding carboxylic acids is 1. The average molecular weight is 477 g/mol. The number of nitrogens with one attached hydrogen (secondary N) is 2. The zero-order chi connectivity index (χ0) is 24.4. The predicted octanol–water partition coefficient (Wildman–Crippen LogP) is 4.50. The van der Waals surface area contributed by atoms with Crippen LogP contribution in [0.1, 0.15) is 64.1 Å². The van der Waals surface area contributed by atoms with Gasteiger partial charge in [-0.3, -0.25) is 9.52 Å². The van der Waals surface area contributed by atoms with Gasteiger partial charge in [0.05, 0.1) is 30.1 Å². The molecule has 0 bridgehead atoms. The molecular weight excluding hydrogens is 443 g/mol. The summed E-state index contributed by atoms with van der Waals surface area (Å²) in [7, 11) is -3.59. The third-order valence-electron chi connectivity index (χ3n) is 6.07. The molecule has 33 heavy (non-hydrogen) atoms. The Balaban J connectivity index is 1.68. The van der Waals surface area contributed by atoms with E-state index in [-0.39, 0.29) is 17.0 Å². The summed E-state index contributed by atoms with van der Waals surface area (Å²) in [6.07, 6.45) is 8.19. The van der Waals surface area contributed by atoms with Crippen molar-refractivity contribution in [3.63, 3.8) is 0 Å². The number of carbonyl (C=O) groups is 1. The van der Waals surface area contributed by atoms with Gasteiger partial charge in [-0.15, -0.1) is 0 Å². The number of halogens is 1. The van der Waals surface area contributed by atoms with E-state index < -0.39 is 21.8 Å². The van der Waals surface area contributed by atoms with Crippen molar-refractivity contribution < 1.29 is 17.6 Å². The molecule has 1 heterocycles. The molecule has 2 aromatic rings. The molecule has 7 nitrogen and oxygen atoms in total. The van der Waals surface area contributed by atoms with E-state index in [2.05, 4.69) is 42.0 Å². The number of benzene rings is 1. The molecule has 1 unspecified atom stereocenters. The van der Waals surface area contributed by atoms with E-state index in [1.165, 1.54) is 12.1 Å². The molecule has 0 spiro atoms. The van der Waals surface area contributed by atoms with Gasteiger partial charge < -0.3 is 5.32 Å². The van der Waals surface area contributed by atoms with Crippen LogP contribution in [0.5, 0.6) is 0 Å². The van der Waals surface area contributed by atoms with Gasteiger partial charge in [-0.1, -0.05) is 32.9 Å². The van der Waals surface area contributed by atoms with Crippen LogP contribution >= 0.6 is 0 Å². The Morgan fingerprint density at radius 2 is 2.03 bits per heavy atom. The molecule has 9 heteroatoms. The Bertz CT molecular complexity index is 1150. The highest BCUT2D eigenvalue weighted by Gasteiger charge is 2.27. The third-order valence-corrected chi connectivity index (χ3v) is 6.66. The fourth-order valence-corrected chi connectivity index (χ4v) is 4.62. The Morgan fingerprint density at radius 1 is 1.30 bits per heavy atom. The van der Waals surface area contributed by atoms with Crippen LogP contribution in [-0.2, 0) is 21.4 Å². The summed E-state index contributed by atoms with van der Waals surface area (Å²) in [5.41, 5.74) is 2.53. The van der Waals surface area contributed by atoms with Crippen molar-refractivity contribution >= 4 is 27.3 Å². The summed E-state index contributed by atoms with van der Waals surface area (Å²) in [5.74, 6) is -1.12. The Kier molecular flexibility index (Phi) is 7.31. The van der Waals surface area contributed by atoms with Crippen molar-refractivity contribution in [3.05, 3.63) is 53.6 Å². The van der Waals surface area contributed by atoms with E-state index in [1.54, 1.807) is 19.2 Å². The maximum Gasteiger partial charge on any atom is 0.229 e. The van der Waals surface area contributed by atoms with E-state index in [4.69, 9.17) is 0 Å². The minimum atomic E-state index is -3.59. The molecule has 0 radical (unpaired) electrons. The van der Waals surface area contributed by atoms with Gasteiger partial charge in [0.25, 0.3) is 0 Å². The van der Waals surface area contributed by atoms with Crippen molar-refractivity contribution in [1.82, 2.24) is 15.1 Å². The number of anilines is 1. The largest absolute Gasteiger partial charge is 0.350 e. The van der Waals surface area contributed by atoms with Gasteiger partial charge in [0.1, 0.15) is 5.82 Å². The molecular formula is C24H33FN4O3S. The van der Waals surface area contributed by atoms with Crippen LogP contribution < -0.4 is 10.0 Å². The van der Waals surface area contributed by atoms with Crippen molar-refractivity contribution in [2.75, 3.05) is 11.0 Å². The normalized spacial score (nSPS) is 17.9. The quantitative estimate of drug-likeness (QED) is 0.615. The van der Waals surface area contributed by atoms with E-state index in [1.807, 2.05) is 10.7 Å². The molecule has 0 saturated heterocycles. The first-order valence-corrected chi connectivity index (χ1v) is 13.0. The first kappa shape index (κ1) is 25.0. The number of aromatic nitrogens is 2. The lowest BCUT2D eigenvalue weighted by Crippen LogP contribution is -2.29. The second kappa shape index (κ2) is 9.67. The molecule has 1 aliphatic carbocycles. The first-order chi connectivity index (χ1) is 15.3. The highest BCUT2D eigenvalue weighted by atomic mass is 32.2. The highest BCUT2D eigenvalue weighted by molar-refractivity contribution is 7.92. The predicted molar refractivity (Wildman–Crippen MR) is 128 cm³/mol. The molecule has 1 aromatic carbocycles. The monoisotopic (exact) mass is 476 g/mol. The second-order valence-electron chi connectivity index (χ2n) is 9.81. The van der Waals surface area contributed by atoms with Gasteiger partial charge >= 0.3 is 0 Å². The summed E-state index contributed by atoms with van der Waals surface area (Å²) in [6.45, 7) is 8.72. The SMILES string of the molecule is C[C@H](C(=O)NCc1ccnn1C1=CC(C(C)(C)C)CCC1)c1ccc(NS(C)(=O)=O)c(F)c1. The lowest BCUT2D eigenvalue weighted by molar-refractivity contribution is -0.122. The minimum Gasteiger partial charge on any atom is -0.350 e. The minimum absolute atomic E-state index is 0.146. The van der Waals surface area contributed by atoms with Crippen LogP contribution in [0.15, 0.2) is 36.5 Å². The molecule has 1 aromatic heterocycles. The van der Waals surface area contributed by atoms with Gasteiger partial charge in [0, 0.05) is 11.9 Å². The number of nitrogens with zero attached hydrogens (tertiary/aromatic N) is 2. The topological polar surface area (TPSA) is 93.1 Å². The zero-order valence-electron chi connectivity index (χ0n) is 19.9. The molecule has 180 valence electrons. The Hall–Kier alpha value is -2.68. The van der Waals surface area contributed by atoms with E-state index in [0.717, 1.165) is 36.9 Å². The zero-order valence-corrected chi connectivity index (χ0v) is 20.7. The summed E-state index contributed by atoms with van der Waals surface area (Å²) in [5, 5.41) is 7.39. The summed E-state index contributed by atoms with van der Waals surface area (Å²) < 4.78 is 41.0. The second-order valence-corrected chi connectivity index (χ2v) is 11.6. The third kappa shape index (κ3) is 6.43. The van der Waals surface area contributed by atoms with Gasteiger partial charge in [0.15, 0.2) is 0 Å². The molecule has 2 atom stereocenters. The van der Waals surface area contributed by atoms with E-state index in [0.29, 0.717) is 18.0 Å². The lowest BCUT2D eigenvalue weighted by Gasteiger charge is -2.32.